The molecular formula is C20H18ClN3O2S2. The fourth-order valence-corrected chi connectivity index (χ4v) is 4.38. The SMILES string of the molecule is CC(=O)Nc1ccc(NC(=O)c2ccccc2SCc2csc(C)n2)c(Cl)c1. The van der Waals surface area contributed by atoms with Crippen molar-refractivity contribution in [2.24, 2.45) is 0 Å². The van der Waals surface area contributed by atoms with Gasteiger partial charge in [-0.25, -0.2) is 4.98 Å². The Kier molecular flexibility index (Phi) is 6.72. The number of aryl methyl sites for hydroxylation is 1. The van der Waals surface area contributed by atoms with Crippen molar-refractivity contribution in [3.05, 3.63) is 69.1 Å². The van der Waals surface area contributed by atoms with Crippen LogP contribution in [0.3, 0.4) is 0 Å². The van der Waals surface area contributed by atoms with Crippen LogP contribution >= 0.6 is 34.7 Å². The van der Waals surface area contributed by atoms with Crippen LogP contribution in [0.15, 0.2) is 52.7 Å². The first-order valence-electron chi connectivity index (χ1n) is 8.43. The minimum absolute atomic E-state index is 0.186. The van der Waals surface area contributed by atoms with E-state index in [0.29, 0.717) is 27.7 Å². The summed E-state index contributed by atoms with van der Waals surface area (Å²) in [7, 11) is 0. The zero-order valence-corrected chi connectivity index (χ0v) is 17.7. The van der Waals surface area contributed by atoms with Gasteiger partial charge in [-0.3, -0.25) is 9.59 Å². The van der Waals surface area contributed by atoms with Crippen LogP contribution in [0.25, 0.3) is 0 Å². The first-order chi connectivity index (χ1) is 13.4. The van der Waals surface area contributed by atoms with Gasteiger partial charge in [0.1, 0.15) is 0 Å². The van der Waals surface area contributed by atoms with Crippen molar-refractivity contribution in [2.75, 3.05) is 10.6 Å². The van der Waals surface area contributed by atoms with Crippen molar-refractivity contribution in [3.63, 3.8) is 0 Å². The minimum Gasteiger partial charge on any atom is -0.326 e. The number of carbonyl (C=O) groups is 2. The van der Waals surface area contributed by atoms with Crippen LogP contribution < -0.4 is 10.6 Å². The van der Waals surface area contributed by atoms with Gasteiger partial charge in [0, 0.05) is 28.6 Å². The van der Waals surface area contributed by atoms with Crippen LogP contribution in [-0.2, 0) is 10.5 Å². The maximum absolute atomic E-state index is 12.8. The van der Waals surface area contributed by atoms with Gasteiger partial charge in [0.15, 0.2) is 0 Å². The monoisotopic (exact) mass is 431 g/mol. The topological polar surface area (TPSA) is 71.1 Å². The first-order valence-corrected chi connectivity index (χ1v) is 10.7. The third-order valence-corrected chi connectivity index (χ3v) is 5.95. The van der Waals surface area contributed by atoms with Gasteiger partial charge < -0.3 is 10.6 Å². The zero-order valence-electron chi connectivity index (χ0n) is 15.3. The molecule has 144 valence electrons. The predicted octanol–water partition coefficient (Wildman–Crippen LogP) is 5.61. The molecule has 0 unspecified atom stereocenters. The van der Waals surface area contributed by atoms with Gasteiger partial charge in [-0.05, 0) is 37.3 Å². The van der Waals surface area contributed by atoms with E-state index in [4.69, 9.17) is 11.6 Å². The highest BCUT2D eigenvalue weighted by Crippen LogP contribution is 2.29. The third kappa shape index (κ3) is 5.34. The number of thiazole rings is 1. The van der Waals surface area contributed by atoms with Crippen molar-refractivity contribution in [2.45, 2.75) is 24.5 Å². The number of amides is 2. The van der Waals surface area contributed by atoms with Crippen molar-refractivity contribution in [1.82, 2.24) is 4.98 Å². The molecule has 0 saturated carbocycles. The maximum Gasteiger partial charge on any atom is 0.256 e. The van der Waals surface area contributed by atoms with E-state index in [0.717, 1.165) is 15.6 Å². The summed E-state index contributed by atoms with van der Waals surface area (Å²) in [5, 5.41) is 8.90. The summed E-state index contributed by atoms with van der Waals surface area (Å²) in [5.41, 5.74) is 2.63. The molecule has 3 aromatic rings. The number of aromatic nitrogens is 1. The van der Waals surface area contributed by atoms with Crippen molar-refractivity contribution < 1.29 is 9.59 Å². The number of benzene rings is 2. The second kappa shape index (κ2) is 9.23. The van der Waals surface area contributed by atoms with Crippen LogP contribution in [0.1, 0.15) is 28.0 Å². The Morgan fingerprint density at radius 3 is 2.64 bits per heavy atom. The quantitative estimate of drug-likeness (QED) is 0.498. The van der Waals surface area contributed by atoms with Gasteiger partial charge in [-0.2, -0.15) is 0 Å². The molecule has 2 aromatic carbocycles. The minimum atomic E-state index is -0.244. The van der Waals surface area contributed by atoms with Crippen LogP contribution in [0, 0.1) is 6.92 Å². The van der Waals surface area contributed by atoms with E-state index in [2.05, 4.69) is 15.6 Å². The van der Waals surface area contributed by atoms with Gasteiger partial charge in [0.25, 0.3) is 5.91 Å². The number of rotatable bonds is 6. The number of hydrogen-bond donors (Lipinski definition) is 2. The van der Waals surface area contributed by atoms with E-state index < -0.39 is 0 Å². The van der Waals surface area contributed by atoms with E-state index in [-0.39, 0.29) is 11.8 Å². The number of nitrogens with zero attached hydrogens (tertiary/aromatic N) is 1. The fourth-order valence-electron chi connectivity index (χ4n) is 2.49. The summed E-state index contributed by atoms with van der Waals surface area (Å²) >= 11 is 9.43. The van der Waals surface area contributed by atoms with Crippen molar-refractivity contribution >= 4 is 57.9 Å². The number of hydrogen-bond acceptors (Lipinski definition) is 5. The van der Waals surface area contributed by atoms with E-state index in [1.54, 1.807) is 47.4 Å². The third-order valence-electron chi connectivity index (χ3n) is 3.71. The molecule has 0 bridgehead atoms. The molecule has 0 aliphatic heterocycles. The highest BCUT2D eigenvalue weighted by Gasteiger charge is 2.14. The molecular weight excluding hydrogens is 414 g/mol. The van der Waals surface area contributed by atoms with Crippen LogP contribution in [0.4, 0.5) is 11.4 Å². The number of thioether (sulfide) groups is 1. The second-order valence-corrected chi connectivity index (χ2v) is 8.46. The molecule has 1 aromatic heterocycles. The van der Waals surface area contributed by atoms with E-state index in [1.807, 2.05) is 30.5 Å². The van der Waals surface area contributed by atoms with Crippen LogP contribution in [0.5, 0.6) is 0 Å². The Bertz CT molecular complexity index is 1020. The van der Waals surface area contributed by atoms with E-state index in [1.165, 1.54) is 6.92 Å². The Morgan fingerprint density at radius 2 is 1.96 bits per heavy atom. The Morgan fingerprint density at radius 1 is 1.18 bits per heavy atom. The lowest BCUT2D eigenvalue weighted by Gasteiger charge is -2.12. The fraction of sp³-hybridized carbons (Fsp3) is 0.150. The average molecular weight is 432 g/mol. The standard InChI is InChI=1S/C20H18ClN3O2S2/c1-12(25)22-14-7-8-18(17(21)9-14)24-20(26)16-5-3-4-6-19(16)28-11-15-10-27-13(2)23-15/h3-10H,11H2,1-2H3,(H,22,25)(H,24,26). The van der Waals surface area contributed by atoms with Crippen LogP contribution in [0.2, 0.25) is 5.02 Å². The summed E-state index contributed by atoms with van der Waals surface area (Å²) in [5.74, 6) is 0.265. The number of nitrogens with one attached hydrogen (secondary N) is 2. The highest BCUT2D eigenvalue weighted by atomic mass is 35.5. The number of carbonyl (C=O) groups excluding carboxylic acids is 2. The van der Waals surface area contributed by atoms with Gasteiger partial charge >= 0.3 is 0 Å². The van der Waals surface area contributed by atoms with Crippen LogP contribution in [-0.4, -0.2) is 16.8 Å². The van der Waals surface area contributed by atoms with Gasteiger partial charge in [0.05, 0.1) is 27.0 Å². The average Bonchev–Trinajstić information content (AvgIpc) is 3.07. The number of anilines is 2. The highest BCUT2D eigenvalue weighted by molar-refractivity contribution is 7.98. The molecule has 3 rings (SSSR count). The summed E-state index contributed by atoms with van der Waals surface area (Å²) in [6.07, 6.45) is 0. The largest absolute Gasteiger partial charge is 0.326 e. The molecule has 2 N–H and O–H groups in total. The lowest BCUT2D eigenvalue weighted by Crippen LogP contribution is -2.13. The molecule has 1 heterocycles. The molecule has 0 aliphatic rings. The van der Waals surface area contributed by atoms with Crippen molar-refractivity contribution in [1.29, 1.82) is 0 Å². The molecule has 8 heteroatoms. The Hall–Kier alpha value is -2.35. The molecule has 0 spiro atoms. The number of halogens is 1. The zero-order chi connectivity index (χ0) is 20.1. The molecule has 5 nitrogen and oxygen atoms in total. The maximum atomic E-state index is 12.8. The summed E-state index contributed by atoms with van der Waals surface area (Å²) in [6.45, 7) is 3.40. The van der Waals surface area contributed by atoms with Gasteiger partial charge in [-0.1, -0.05) is 23.7 Å². The Labute approximate surface area is 176 Å². The second-order valence-electron chi connectivity index (χ2n) is 5.97. The molecule has 0 atom stereocenters. The smallest absolute Gasteiger partial charge is 0.256 e. The molecule has 0 saturated heterocycles. The summed E-state index contributed by atoms with van der Waals surface area (Å²) in [4.78, 5) is 29.3. The molecule has 0 fully saturated rings. The molecule has 0 radical (unpaired) electrons. The normalized spacial score (nSPS) is 10.5. The van der Waals surface area contributed by atoms with Crippen molar-refractivity contribution in [3.8, 4) is 0 Å². The lowest BCUT2D eigenvalue weighted by atomic mass is 10.2. The molecule has 0 aliphatic carbocycles. The lowest BCUT2D eigenvalue weighted by molar-refractivity contribution is -0.114. The molecule has 28 heavy (non-hydrogen) atoms. The van der Waals surface area contributed by atoms with E-state index >= 15 is 0 Å². The predicted molar refractivity (Wildman–Crippen MR) is 117 cm³/mol. The molecule has 2 amide bonds. The Balaban J connectivity index is 1.73. The van der Waals surface area contributed by atoms with Gasteiger partial charge in [-0.15, -0.1) is 23.1 Å². The first kappa shape index (κ1) is 20.4. The summed E-state index contributed by atoms with van der Waals surface area (Å²) in [6, 6.07) is 12.4. The summed E-state index contributed by atoms with van der Waals surface area (Å²) < 4.78 is 0. The van der Waals surface area contributed by atoms with E-state index in [9.17, 15) is 9.59 Å². The van der Waals surface area contributed by atoms with Gasteiger partial charge in [0.2, 0.25) is 5.91 Å².